The number of hydrogen-bond donors (Lipinski definition) is 1. The summed E-state index contributed by atoms with van der Waals surface area (Å²) < 4.78 is 27.4. The maximum atomic E-state index is 13.7. The summed E-state index contributed by atoms with van der Waals surface area (Å²) in [5.41, 5.74) is 0.204. The average molecular weight is 321 g/mol. The average Bonchev–Trinajstić information content (AvgIpc) is 2.26. The fraction of sp³-hybridized carbons (Fsp3) is 0.462. The van der Waals surface area contributed by atoms with Crippen molar-refractivity contribution in [1.29, 1.82) is 0 Å². The molecule has 1 aromatic rings. The smallest absolute Gasteiger partial charge is 0.379 e. The van der Waals surface area contributed by atoms with E-state index in [1.54, 1.807) is 26.8 Å². The van der Waals surface area contributed by atoms with Gasteiger partial charge in [0.2, 0.25) is 0 Å². The van der Waals surface area contributed by atoms with E-state index in [0.29, 0.717) is 10.9 Å². The first-order valence-corrected chi connectivity index (χ1v) is 6.54. The van der Waals surface area contributed by atoms with Crippen LogP contribution in [0.3, 0.4) is 0 Å². The molecule has 0 fully saturated rings. The summed E-state index contributed by atoms with van der Waals surface area (Å²) in [5.74, 6) is -5.99. The monoisotopic (exact) mass is 320 g/mol. The van der Waals surface area contributed by atoms with E-state index >= 15 is 0 Å². The molecule has 5 heteroatoms. The van der Waals surface area contributed by atoms with Crippen LogP contribution in [0.2, 0.25) is 0 Å². The van der Waals surface area contributed by atoms with Crippen LogP contribution in [0, 0.1) is 0 Å². The maximum absolute atomic E-state index is 13.7. The van der Waals surface area contributed by atoms with Gasteiger partial charge in [-0.3, -0.25) is 0 Å². The summed E-state index contributed by atoms with van der Waals surface area (Å²) in [6.45, 7) is 5.34. The van der Waals surface area contributed by atoms with Gasteiger partial charge in [0.05, 0.1) is 0 Å². The maximum Gasteiger partial charge on any atom is 0.379 e. The van der Waals surface area contributed by atoms with Gasteiger partial charge in [0.1, 0.15) is 0 Å². The summed E-state index contributed by atoms with van der Waals surface area (Å²) in [6, 6.07) is 4.34. The lowest BCUT2D eigenvalue weighted by molar-refractivity contribution is -0.166. The molecule has 0 spiro atoms. The number of carbonyl (C=O) groups is 1. The first kappa shape index (κ1) is 15.1. The Morgan fingerprint density at radius 2 is 1.83 bits per heavy atom. The second-order valence-electron chi connectivity index (χ2n) is 5.14. The SMILES string of the molecule is CC(C)(C)c1cc(CBr)ccc1C(F)(F)C(=O)O. The van der Waals surface area contributed by atoms with Gasteiger partial charge in [-0.25, -0.2) is 4.79 Å². The third kappa shape index (κ3) is 2.88. The Kier molecular flexibility index (Phi) is 4.15. The minimum absolute atomic E-state index is 0.354. The molecule has 0 amide bonds. The van der Waals surface area contributed by atoms with Gasteiger partial charge in [0.15, 0.2) is 0 Å². The highest BCUT2D eigenvalue weighted by Crippen LogP contribution is 2.37. The number of carboxylic acids is 1. The zero-order valence-corrected chi connectivity index (χ0v) is 12.0. The molecule has 0 aliphatic rings. The predicted molar refractivity (Wildman–Crippen MR) is 69.3 cm³/mol. The molecule has 0 bridgehead atoms. The van der Waals surface area contributed by atoms with Crippen LogP contribution in [-0.2, 0) is 21.5 Å². The minimum Gasteiger partial charge on any atom is -0.477 e. The zero-order chi connectivity index (χ0) is 14.1. The van der Waals surface area contributed by atoms with Crippen molar-refractivity contribution in [3.63, 3.8) is 0 Å². The molecule has 0 heterocycles. The molecule has 1 N–H and O–H groups in total. The third-order valence-corrected chi connectivity index (χ3v) is 3.30. The Hall–Kier alpha value is -0.970. The lowest BCUT2D eigenvalue weighted by Crippen LogP contribution is -2.29. The minimum atomic E-state index is -3.87. The molecule has 2 nitrogen and oxygen atoms in total. The summed E-state index contributed by atoms with van der Waals surface area (Å²) in [4.78, 5) is 10.7. The quantitative estimate of drug-likeness (QED) is 0.853. The van der Waals surface area contributed by atoms with Gasteiger partial charge in [0.25, 0.3) is 0 Å². The van der Waals surface area contributed by atoms with Crippen molar-refractivity contribution in [1.82, 2.24) is 0 Å². The van der Waals surface area contributed by atoms with Crippen LogP contribution in [0.25, 0.3) is 0 Å². The summed E-state index contributed by atoms with van der Waals surface area (Å²) in [7, 11) is 0. The number of halogens is 3. The van der Waals surface area contributed by atoms with Gasteiger partial charge in [-0.1, -0.05) is 54.9 Å². The molecule has 0 aromatic heterocycles. The van der Waals surface area contributed by atoms with E-state index in [1.807, 2.05) is 0 Å². The first-order valence-electron chi connectivity index (χ1n) is 5.41. The van der Waals surface area contributed by atoms with Crippen LogP contribution < -0.4 is 0 Å². The number of carboxylic acid groups (broad SMARTS) is 1. The summed E-state index contributed by atoms with van der Waals surface area (Å²) in [5, 5.41) is 9.19. The molecule has 0 atom stereocenters. The first-order chi connectivity index (χ1) is 8.10. The third-order valence-electron chi connectivity index (χ3n) is 2.65. The standard InChI is InChI=1S/C13H15BrF2O2/c1-12(2,3)10-6-8(7-14)4-5-9(10)13(15,16)11(17)18/h4-6H,7H2,1-3H3,(H,17,18). The molecular formula is C13H15BrF2O2. The zero-order valence-electron chi connectivity index (χ0n) is 10.4. The van der Waals surface area contributed by atoms with E-state index in [4.69, 9.17) is 5.11 Å². The molecule has 0 aliphatic heterocycles. The van der Waals surface area contributed by atoms with Crippen LogP contribution in [-0.4, -0.2) is 11.1 Å². The number of benzene rings is 1. The summed E-state index contributed by atoms with van der Waals surface area (Å²) >= 11 is 3.26. The molecule has 0 radical (unpaired) electrons. The summed E-state index contributed by atoms with van der Waals surface area (Å²) in [6.07, 6.45) is 0. The van der Waals surface area contributed by atoms with Crippen molar-refractivity contribution in [2.24, 2.45) is 0 Å². The van der Waals surface area contributed by atoms with E-state index in [1.165, 1.54) is 12.1 Å². The molecule has 0 unspecified atom stereocenters. The van der Waals surface area contributed by atoms with E-state index in [9.17, 15) is 13.6 Å². The number of aliphatic carboxylic acids is 1. The van der Waals surface area contributed by atoms with Crippen LogP contribution in [0.1, 0.15) is 37.5 Å². The van der Waals surface area contributed by atoms with Gasteiger partial charge in [0, 0.05) is 10.9 Å². The van der Waals surface area contributed by atoms with E-state index in [-0.39, 0.29) is 0 Å². The Morgan fingerprint density at radius 3 is 2.22 bits per heavy atom. The second-order valence-corrected chi connectivity index (χ2v) is 5.70. The Labute approximate surface area is 113 Å². The predicted octanol–water partition coefficient (Wildman–Crippen LogP) is 4.06. The largest absolute Gasteiger partial charge is 0.477 e. The van der Waals surface area contributed by atoms with Crippen molar-refractivity contribution < 1.29 is 18.7 Å². The van der Waals surface area contributed by atoms with Gasteiger partial charge in [-0.05, 0) is 16.5 Å². The van der Waals surface area contributed by atoms with Crippen molar-refractivity contribution in [2.45, 2.75) is 37.4 Å². The van der Waals surface area contributed by atoms with Crippen LogP contribution in [0.15, 0.2) is 18.2 Å². The van der Waals surface area contributed by atoms with E-state index < -0.39 is 22.9 Å². The molecule has 18 heavy (non-hydrogen) atoms. The lowest BCUT2D eigenvalue weighted by Gasteiger charge is -2.26. The molecule has 0 saturated heterocycles. The Morgan fingerprint density at radius 1 is 1.28 bits per heavy atom. The van der Waals surface area contributed by atoms with E-state index in [0.717, 1.165) is 5.56 Å². The van der Waals surface area contributed by atoms with Crippen molar-refractivity contribution in [3.8, 4) is 0 Å². The van der Waals surface area contributed by atoms with Crippen molar-refractivity contribution in [2.75, 3.05) is 0 Å². The Bertz CT molecular complexity index is 465. The van der Waals surface area contributed by atoms with Gasteiger partial charge in [-0.2, -0.15) is 8.78 Å². The van der Waals surface area contributed by atoms with Gasteiger partial charge >= 0.3 is 11.9 Å². The molecule has 1 aromatic carbocycles. The molecule has 0 aliphatic carbocycles. The van der Waals surface area contributed by atoms with Crippen LogP contribution >= 0.6 is 15.9 Å². The fourth-order valence-corrected chi connectivity index (χ4v) is 2.03. The molecule has 0 saturated carbocycles. The normalized spacial score (nSPS) is 12.6. The van der Waals surface area contributed by atoms with Crippen molar-refractivity contribution in [3.05, 3.63) is 34.9 Å². The topological polar surface area (TPSA) is 37.3 Å². The van der Waals surface area contributed by atoms with Crippen LogP contribution in [0.4, 0.5) is 8.78 Å². The highest BCUT2D eigenvalue weighted by molar-refractivity contribution is 9.08. The highest BCUT2D eigenvalue weighted by atomic mass is 79.9. The highest BCUT2D eigenvalue weighted by Gasteiger charge is 2.44. The second kappa shape index (κ2) is 4.96. The van der Waals surface area contributed by atoms with Gasteiger partial charge < -0.3 is 5.11 Å². The lowest BCUT2D eigenvalue weighted by atomic mass is 9.81. The number of alkyl halides is 3. The van der Waals surface area contributed by atoms with Crippen LogP contribution in [0.5, 0.6) is 0 Å². The van der Waals surface area contributed by atoms with E-state index in [2.05, 4.69) is 15.9 Å². The van der Waals surface area contributed by atoms with Gasteiger partial charge in [-0.15, -0.1) is 0 Å². The number of rotatable bonds is 3. The number of hydrogen-bond acceptors (Lipinski definition) is 1. The molecule has 1 rings (SSSR count). The molecular weight excluding hydrogens is 306 g/mol. The Balaban J connectivity index is 3.50. The molecule has 100 valence electrons. The van der Waals surface area contributed by atoms with Crippen molar-refractivity contribution >= 4 is 21.9 Å². The fourth-order valence-electron chi connectivity index (χ4n) is 1.68.